The predicted octanol–water partition coefficient (Wildman–Crippen LogP) is 2.23. The smallest absolute Gasteiger partial charge is 0.277 e. The maximum atomic E-state index is 12.7. The average Bonchev–Trinajstić information content (AvgIpc) is 2.62. The van der Waals surface area contributed by atoms with Crippen molar-refractivity contribution in [1.29, 1.82) is 0 Å². The second-order valence-electron chi connectivity index (χ2n) is 9.75. The summed E-state index contributed by atoms with van der Waals surface area (Å²) in [5, 5.41) is 5.29. The number of para-hydroxylation sites is 1. The van der Waals surface area contributed by atoms with Gasteiger partial charge >= 0.3 is 0 Å². The first kappa shape index (κ1) is 19.4. The highest BCUT2D eigenvalue weighted by Crippen LogP contribution is 2.54. The van der Waals surface area contributed by atoms with E-state index >= 15 is 0 Å². The zero-order valence-corrected chi connectivity index (χ0v) is 17.5. The number of anilines is 1. The van der Waals surface area contributed by atoms with Crippen LogP contribution in [-0.2, 0) is 9.59 Å². The normalized spacial score (nSPS) is 30.3. The van der Waals surface area contributed by atoms with Gasteiger partial charge in [-0.25, -0.2) is 0 Å². The van der Waals surface area contributed by atoms with Crippen LogP contribution in [-0.4, -0.2) is 42.4 Å². The van der Waals surface area contributed by atoms with Gasteiger partial charge in [0.05, 0.1) is 12.1 Å². The number of hydrogen-bond acceptors (Lipinski definition) is 2. The van der Waals surface area contributed by atoms with Gasteiger partial charge in [0.25, 0.3) is 5.91 Å². The molecule has 4 aliphatic rings. The van der Waals surface area contributed by atoms with Gasteiger partial charge in [-0.3, -0.25) is 9.59 Å². The Bertz CT molecular complexity index is 718. The summed E-state index contributed by atoms with van der Waals surface area (Å²) in [6.07, 6.45) is 8.09. The Morgan fingerprint density at radius 1 is 1.07 bits per heavy atom. The molecule has 0 aromatic heterocycles. The van der Waals surface area contributed by atoms with Crippen molar-refractivity contribution in [2.24, 2.45) is 17.8 Å². The lowest BCUT2D eigenvalue weighted by atomic mass is 9.53. The van der Waals surface area contributed by atoms with Crippen LogP contribution < -0.4 is 10.6 Å². The van der Waals surface area contributed by atoms with E-state index < -0.39 is 0 Å². The van der Waals surface area contributed by atoms with Gasteiger partial charge in [-0.1, -0.05) is 18.2 Å². The average molecular weight is 385 g/mol. The number of carbonyl (C=O) groups excluding carboxylic acids is 2. The minimum atomic E-state index is -0.136. The molecule has 4 saturated carbocycles. The summed E-state index contributed by atoms with van der Waals surface area (Å²) in [5.41, 5.74) is 3.23. The van der Waals surface area contributed by atoms with Crippen molar-refractivity contribution < 1.29 is 14.9 Å². The minimum absolute atomic E-state index is 0.0485. The Morgan fingerprint density at radius 3 is 2.14 bits per heavy atom. The minimum Gasteiger partial charge on any atom is -0.334 e. The molecular weight excluding hydrogens is 350 g/mol. The highest BCUT2D eigenvalue weighted by molar-refractivity contribution is 5.95. The number of nitrogens with one attached hydrogen (secondary N) is 1. The zero-order chi connectivity index (χ0) is 19.9. The molecule has 1 aromatic carbocycles. The highest BCUT2D eigenvalue weighted by atomic mass is 16.2. The van der Waals surface area contributed by atoms with Crippen LogP contribution in [0.3, 0.4) is 0 Å². The molecule has 5 heteroatoms. The maximum absolute atomic E-state index is 12.7. The molecule has 28 heavy (non-hydrogen) atoms. The van der Waals surface area contributed by atoms with E-state index in [0.717, 1.165) is 34.6 Å². The van der Waals surface area contributed by atoms with Crippen LogP contribution in [0.1, 0.15) is 49.7 Å². The number of carbonyl (C=O) groups is 2. The molecule has 5 rings (SSSR count). The van der Waals surface area contributed by atoms with Gasteiger partial charge < -0.3 is 15.5 Å². The molecule has 0 radical (unpaired) electrons. The summed E-state index contributed by atoms with van der Waals surface area (Å²) in [6.45, 7) is 4.52. The van der Waals surface area contributed by atoms with Gasteiger partial charge in [-0.05, 0) is 62.0 Å². The lowest BCUT2D eigenvalue weighted by Crippen LogP contribution is -3.00. The van der Waals surface area contributed by atoms with Crippen molar-refractivity contribution in [3.63, 3.8) is 0 Å². The number of aryl methyl sites for hydroxylation is 2. The molecule has 2 amide bonds. The fourth-order valence-electron chi connectivity index (χ4n) is 6.38. The molecule has 5 nitrogen and oxygen atoms in total. The van der Waals surface area contributed by atoms with Crippen molar-refractivity contribution in [2.75, 3.05) is 25.5 Å². The van der Waals surface area contributed by atoms with Crippen LogP contribution in [0.4, 0.5) is 5.69 Å². The second-order valence-corrected chi connectivity index (χ2v) is 9.75. The van der Waals surface area contributed by atoms with Crippen LogP contribution in [0.2, 0.25) is 0 Å². The molecule has 4 bridgehead atoms. The van der Waals surface area contributed by atoms with Crippen molar-refractivity contribution >= 4 is 17.5 Å². The van der Waals surface area contributed by atoms with E-state index in [1.165, 1.54) is 38.5 Å². The molecule has 4 aliphatic carbocycles. The summed E-state index contributed by atoms with van der Waals surface area (Å²) in [6, 6.07) is 5.95. The Balaban J connectivity index is 1.29. The summed E-state index contributed by atoms with van der Waals surface area (Å²) >= 11 is 0. The van der Waals surface area contributed by atoms with Crippen molar-refractivity contribution in [1.82, 2.24) is 4.90 Å². The maximum Gasteiger partial charge on any atom is 0.277 e. The fraction of sp³-hybridized carbons (Fsp3) is 0.652. The van der Waals surface area contributed by atoms with Gasteiger partial charge in [0.1, 0.15) is 0 Å². The fourth-order valence-corrected chi connectivity index (χ4v) is 6.38. The molecule has 0 saturated heterocycles. The summed E-state index contributed by atoms with van der Waals surface area (Å²) in [5.74, 6) is 2.57. The van der Waals surface area contributed by atoms with Crippen molar-refractivity contribution in [3.05, 3.63) is 29.3 Å². The number of nitrogens with two attached hydrogens (primary N) is 1. The SMILES string of the molecule is Cc1cccc(C)c1NC(=O)CN(C)C(=O)C[NH2+]C12CC3CC(CC(C3)C1)C2. The predicted molar refractivity (Wildman–Crippen MR) is 110 cm³/mol. The molecule has 1 aromatic rings. The van der Waals surface area contributed by atoms with Gasteiger partial charge in [-0.2, -0.15) is 0 Å². The third kappa shape index (κ3) is 3.95. The van der Waals surface area contributed by atoms with Crippen LogP contribution in [0.15, 0.2) is 18.2 Å². The Kier molecular flexibility index (Phi) is 5.21. The first-order valence-electron chi connectivity index (χ1n) is 10.8. The van der Waals surface area contributed by atoms with E-state index in [4.69, 9.17) is 0 Å². The van der Waals surface area contributed by atoms with Crippen LogP contribution >= 0.6 is 0 Å². The number of benzene rings is 1. The van der Waals surface area contributed by atoms with E-state index in [9.17, 15) is 9.59 Å². The monoisotopic (exact) mass is 384 g/mol. The third-order valence-corrected chi connectivity index (χ3v) is 7.35. The van der Waals surface area contributed by atoms with E-state index in [0.29, 0.717) is 12.1 Å². The molecule has 0 spiro atoms. The molecule has 0 aliphatic heterocycles. The van der Waals surface area contributed by atoms with E-state index in [1.807, 2.05) is 32.0 Å². The van der Waals surface area contributed by atoms with Crippen molar-refractivity contribution in [3.8, 4) is 0 Å². The number of rotatable bonds is 6. The zero-order valence-electron chi connectivity index (χ0n) is 17.5. The number of nitrogens with zero attached hydrogens (tertiary/aromatic N) is 1. The van der Waals surface area contributed by atoms with Gasteiger partial charge in [0.15, 0.2) is 6.54 Å². The van der Waals surface area contributed by atoms with Crippen LogP contribution in [0.5, 0.6) is 0 Å². The standard InChI is InChI=1S/C23H33N3O2/c1-15-5-4-6-16(2)22(15)25-20(27)14-26(3)21(28)13-24-23-10-17-7-18(11-23)9-19(8-17)12-23/h4-6,17-19,24H,7-14H2,1-3H3,(H,25,27)/p+1. The number of hydrogen-bond donors (Lipinski definition) is 2. The number of quaternary nitrogens is 1. The number of amides is 2. The summed E-state index contributed by atoms with van der Waals surface area (Å²) < 4.78 is 0. The third-order valence-electron chi connectivity index (χ3n) is 7.35. The van der Waals surface area contributed by atoms with Gasteiger partial charge in [0.2, 0.25) is 5.91 Å². The topological polar surface area (TPSA) is 66.0 Å². The lowest BCUT2D eigenvalue weighted by Gasteiger charge is -2.54. The first-order chi connectivity index (χ1) is 13.3. The Morgan fingerprint density at radius 2 is 1.61 bits per heavy atom. The molecule has 0 atom stereocenters. The molecule has 152 valence electrons. The number of likely N-dealkylation sites (N-methyl/N-ethyl adjacent to an activating group) is 1. The van der Waals surface area contributed by atoms with E-state index in [1.54, 1.807) is 11.9 Å². The lowest BCUT2D eigenvalue weighted by molar-refractivity contribution is -0.730. The van der Waals surface area contributed by atoms with Crippen LogP contribution in [0, 0.1) is 31.6 Å². The Hall–Kier alpha value is -1.88. The molecule has 0 unspecified atom stereocenters. The molecular formula is C23H34N3O2+. The summed E-state index contributed by atoms with van der Waals surface area (Å²) in [7, 11) is 1.74. The van der Waals surface area contributed by atoms with Gasteiger partial charge in [0, 0.05) is 32.0 Å². The van der Waals surface area contributed by atoms with Gasteiger partial charge in [-0.15, -0.1) is 0 Å². The summed E-state index contributed by atoms with van der Waals surface area (Å²) in [4.78, 5) is 26.7. The quantitative estimate of drug-likeness (QED) is 0.790. The highest BCUT2D eigenvalue weighted by Gasteiger charge is 2.53. The second kappa shape index (κ2) is 7.51. The largest absolute Gasteiger partial charge is 0.334 e. The van der Waals surface area contributed by atoms with E-state index in [2.05, 4.69) is 10.6 Å². The van der Waals surface area contributed by atoms with Crippen molar-refractivity contribution in [2.45, 2.75) is 57.9 Å². The first-order valence-corrected chi connectivity index (χ1v) is 10.8. The molecule has 0 heterocycles. The molecule has 3 N–H and O–H groups in total. The van der Waals surface area contributed by atoms with E-state index in [-0.39, 0.29) is 18.4 Å². The van der Waals surface area contributed by atoms with Crippen LogP contribution in [0.25, 0.3) is 0 Å². The molecule has 4 fully saturated rings. The Labute approximate surface area is 168 Å².